The molecule has 0 amide bonds. The van der Waals surface area contributed by atoms with E-state index in [2.05, 4.69) is 4.98 Å². The first kappa shape index (κ1) is 11.9. The summed E-state index contributed by atoms with van der Waals surface area (Å²) in [6.45, 7) is 0. The van der Waals surface area contributed by atoms with Gasteiger partial charge in [-0.05, 0) is 17.7 Å². The van der Waals surface area contributed by atoms with Crippen molar-refractivity contribution in [1.82, 2.24) is 4.98 Å². The molecule has 1 aromatic heterocycles. The van der Waals surface area contributed by atoms with Crippen molar-refractivity contribution >= 4 is 11.6 Å². The van der Waals surface area contributed by atoms with Gasteiger partial charge in [0.05, 0.1) is 10.6 Å². The summed E-state index contributed by atoms with van der Waals surface area (Å²) in [5, 5.41) is 0.305. The minimum Gasteiger partial charge on any atom is -0.263 e. The number of alkyl halides is 3. The monoisotopic (exact) mass is 257 g/mol. The molecule has 0 fully saturated rings. The normalized spacial score (nSPS) is 11.5. The van der Waals surface area contributed by atoms with Crippen LogP contribution in [0.5, 0.6) is 0 Å². The molecule has 2 aromatic rings. The molecule has 1 aromatic carbocycles. The average Bonchev–Trinajstić information content (AvgIpc) is 2.28. The molecule has 0 aliphatic heterocycles. The lowest BCUT2D eigenvalue weighted by molar-refractivity contribution is -0.137. The smallest absolute Gasteiger partial charge is 0.263 e. The Labute approximate surface area is 101 Å². The van der Waals surface area contributed by atoms with Crippen molar-refractivity contribution in [3.8, 4) is 11.1 Å². The van der Waals surface area contributed by atoms with Crippen LogP contribution >= 0.6 is 11.6 Å². The number of halogens is 4. The van der Waals surface area contributed by atoms with Gasteiger partial charge < -0.3 is 0 Å². The average molecular weight is 258 g/mol. The standard InChI is InChI=1S/C12H7ClF3N/c13-9-5-8(6-17-7-9)10-3-1-2-4-11(10)12(14,15)16/h1-7H. The first-order valence-electron chi connectivity index (χ1n) is 4.75. The Morgan fingerprint density at radius 2 is 1.76 bits per heavy atom. The number of benzene rings is 1. The number of pyridine rings is 1. The summed E-state index contributed by atoms with van der Waals surface area (Å²) < 4.78 is 38.3. The fraction of sp³-hybridized carbons (Fsp3) is 0.0833. The van der Waals surface area contributed by atoms with Gasteiger partial charge in [-0.15, -0.1) is 0 Å². The van der Waals surface area contributed by atoms with Gasteiger partial charge in [-0.25, -0.2) is 0 Å². The maximum Gasteiger partial charge on any atom is 0.417 e. The van der Waals surface area contributed by atoms with E-state index in [-0.39, 0.29) is 5.56 Å². The van der Waals surface area contributed by atoms with Crippen LogP contribution in [-0.2, 0) is 6.18 Å². The molecule has 0 atom stereocenters. The quantitative estimate of drug-likeness (QED) is 0.737. The van der Waals surface area contributed by atoms with E-state index < -0.39 is 11.7 Å². The first-order valence-corrected chi connectivity index (χ1v) is 5.13. The molecular formula is C12H7ClF3N. The second-order valence-corrected chi connectivity index (χ2v) is 3.87. The van der Waals surface area contributed by atoms with E-state index in [0.717, 1.165) is 6.07 Å². The molecule has 0 saturated carbocycles. The minimum absolute atomic E-state index is 0.0787. The maximum absolute atomic E-state index is 12.8. The van der Waals surface area contributed by atoms with E-state index in [0.29, 0.717) is 10.6 Å². The Morgan fingerprint density at radius 3 is 2.41 bits per heavy atom. The van der Waals surface area contributed by atoms with Gasteiger partial charge >= 0.3 is 6.18 Å². The Bertz CT molecular complexity index is 537. The van der Waals surface area contributed by atoms with Crippen LogP contribution in [0.4, 0.5) is 13.2 Å². The molecule has 0 saturated heterocycles. The number of aromatic nitrogens is 1. The number of rotatable bonds is 1. The van der Waals surface area contributed by atoms with E-state index in [9.17, 15) is 13.2 Å². The zero-order valence-corrected chi connectivity index (χ0v) is 9.26. The Morgan fingerprint density at radius 1 is 1.06 bits per heavy atom. The number of hydrogen-bond donors (Lipinski definition) is 0. The van der Waals surface area contributed by atoms with Gasteiger partial charge in [0.1, 0.15) is 0 Å². The van der Waals surface area contributed by atoms with Gasteiger partial charge in [0, 0.05) is 18.0 Å². The van der Waals surface area contributed by atoms with Gasteiger partial charge in [-0.1, -0.05) is 29.8 Å². The lowest BCUT2D eigenvalue weighted by atomic mass is 10.0. The molecule has 88 valence electrons. The van der Waals surface area contributed by atoms with E-state index in [1.807, 2.05) is 0 Å². The highest BCUT2D eigenvalue weighted by Crippen LogP contribution is 2.37. The predicted octanol–water partition coefficient (Wildman–Crippen LogP) is 4.42. The van der Waals surface area contributed by atoms with Gasteiger partial charge in [0.15, 0.2) is 0 Å². The van der Waals surface area contributed by atoms with Crippen LogP contribution in [0.2, 0.25) is 5.02 Å². The fourth-order valence-electron chi connectivity index (χ4n) is 1.54. The molecule has 0 unspecified atom stereocenters. The van der Waals surface area contributed by atoms with Crippen LogP contribution < -0.4 is 0 Å². The Kier molecular flexibility index (Phi) is 3.07. The van der Waals surface area contributed by atoms with E-state index in [1.54, 1.807) is 6.07 Å². The third-order valence-electron chi connectivity index (χ3n) is 2.25. The highest BCUT2D eigenvalue weighted by atomic mass is 35.5. The second-order valence-electron chi connectivity index (χ2n) is 3.44. The summed E-state index contributed by atoms with van der Waals surface area (Å²) >= 11 is 5.72. The van der Waals surface area contributed by atoms with Crippen molar-refractivity contribution in [3.63, 3.8) is 0 Å². The van der Waals surface area contributed by atoms with Crippen molar-refractivity contribution in [2.45, 2.75) is 6.18 Å². The van der Waals surface area contributed by atoms with Crippen LogP contribution in [-0.4, -0.2) is 4.98 Å². The topological polar surface area (TPSA) is 12.9 Å². The Balaban J connectivity index is 2.60. The summed E-state index contributed by atoms with van der Waals surface area (Å²) in [6, 6.07) is 6.79. The highest BCUT2D eigenvalue weighted by molar-refractivity contribution is 6.30. The van der Waals surface area contributed by atoms with Gasteiger partial charge in [-0.3, -0.25) is 4.98 Å². The number of nitrogens with zero attached hydrogens (tertiary/aromatic N) is 1. The highest BCUT2D eigenvalue weighted by Gasteiger charge is 2.33. The fourth-order valence-corrected chi connectivity index (χ4v) is 1.72. The lowest BCUT2D eigenvalue weighted by Gasteiger charge is -2.12. The molecule has 1 nitrogen and oxygen atoms in total. The molecular weight excluding hydrogens is 251 g/mol. The van der Waals surface area contributed by atoms with Crippen LogP contribution in [0.1, 0.15) is 5.56 Å². The minimum atomic E-state index is -4.39. The molecule has 2 rings (SSSR count). The van der Waals surface area contributed by atoms with Crippen molar-refractivity contribution in [1.29, 1.82) is 0 Å². The number of hydrogen-bond acceptors (Lipinski definition) is 1. The zero-order chi connectivity index (χ0) is 12.5. The van der Waals surface area contributed by atoms with Crippen LogP contribution in [0.15, 0.2) is 42.7 Å². The molecule has 0 aliphatic carbocycles. The van der Waals surface area contributed by atoms with E-state index >= 15 is 0 Å². The van der Waals surface area contributed by atoms with Crippen molar-refractivity contribution < 1.29 is 13.2 Å². The maximum atomic E-state index is 12.8. The molecule has 17 heavy (non-hydrogen) atoms. The third kappa shape index (κ3) is 2.58. The van der Waals surface area contributed by atoms with Crippen LogP contribution in [0, 0.1) is 0 Å². The SMILES string of the molecule is FC(F)(F)c1ccccc1-c1cncc(Cl)c1. The van der Waals surface area contributed by atoms with Gasteiger partial charge in [0.25, 0.3) is 0 Å². The molecule has 0 bridgehead atoms. The summed E-state index contributed by atoms with van der Waals surface area (Å²) in [5.74, 6) is 0. The summed E-state index contributed by atoms with van der Waals surface area (Å²) in [7, 11) is 0. The molecule has 0 N–H and O–H groups in total. The zero-order valence-electron chi connectivity index (χ0n) is 8.50. The summed E-state index contributed by atoms with van der Waals surface area (Å²) in [5.41, 5.74) is -0.260. The van der Waals surface area contributed by atoms with Gasteiger partial charge in [0.2, 0.25) is 0 Å². The van der Waals surface area contributed by atoms with Gasteiger partial charge in [-0.2, -0.15) is 13.2 Å². The summed E-state index contributed by atoms with van der Waals surface area (Å²) in [4.78, 5) is 3.78. The molecule has 0 aliphatic rings. The first-order chi connectivity index (χ1) is 7.98. The van der Waals surface area contributed by atoms with Crippen molar-refractivity contribution in [2.24, 2.45) is 0 Å². The predicted molar refractivity (Wildman–Crippen MR) is 59.7 cm³/mol. The van der Waals surface area contributed by atoms with Crippen LogP contribution in [0.3, 0.4) is 0 Å². The molecule has 1 heterocycles. The Hall–Kier alpha value is -1.55. The molecule has 5 heteroatoms. The van der Waals surface area contributed by atoms with Crippen molar-refractivity contribution in [2.75, 3.05) is 0 Å². The third-order valence-corrected chi connectivity index (χ3v) is 2.46. The largest absolute Gasteiger partial charge is 0.417 e. The molecule has 0 spiro atoms. The lowest BCUT2D eigenvalue weighted by Crippen LogP contribution is -2.06. The van der Waals surface area contributed by atoms with Crippen molar-refractivity contribution in [3.05, 3.63) is 53.3 Å². The molecule has 0 radical (unpaired) electrons. The second kappa shape index (κ2) is 4.37. The van der Waals surface area contributed by atoms with Crippen LogP contribution in [0.25, 0.3) is 11.1 Å². The summed E-state index contributed by atoms with van der Waals surface area (Å²) in [6.07, 6.45) is -1.66. The van der Waals surface area contributed by atoms with E-state index in [4.69, 9.17) is 11.6 Å². The van der Waals surface area contributed by atoms with E-state index in [1.165, 1.54) is 30.6 Å².